The highest BCUT2D eigenvalue weighted by Crippen LogP contribution is 2.20. The van der Waals surface area contributed by atoms with Crippen molar-refractivity contribution in [2.75, 3.05) is 6.61 Å². The molecular formula is C15H17ClN2O3. The van der Waals surface area contributed by atoms with Crippen molar-refractivity contribution < 1.29 is 14.3 Å². The minimum absolute atomic E-state index is 0.208. The summed E-state index contributed by atoms with van der Waals surface area (Å²) in [6.45, 7) is 3.46. The predicted octanol–water partition coefficient (Wildman–Crippen LogP) is 2.31. The normalized spacial score (nSPS) is 10.8. The average molecular weight is 309 g/mol. The van der Waals surface area contributed by atoms with Crippen molar-refractivity contribution in [2.45, 2.75) is 13.8 Å². The van der Waals surface area contributed by atoms with E-state index in [0.717, 1.165) is 5.56 Å². The van der Waals surface area contributed by atoms with Gasteiger partial charge in [-0.3, -0.25) is 20.4 Å². The Labute approximate surface area is 128 Å². The Kier molecular flexibility index (Phi) is 7.04. The molecule has 5 nitrogen and oxygen atoms in total. The fourth-order valence-corrected chi connectivity index (χ4v) is 1.44. The predicted molar refractivity (Wildman–Crippen MR) is 81.9 cm³/mol. The van der Waals surface area contributed by atoms with Gasteiger partial charge in [0.25, 0.3) is 11.8 Å². The molecule has 0 saturated heterocycles. The van der Waals surface area contributed by atoms with Gasteiger partial charge in [0, 0.05) is 11.1 Å². The second-order valence-electron chi connectivity index (χ2n) is 4.12. The van der Waals surface area contributed by atoms with E-state index >= 15 is 0 Å². The molecule has 0 aliphatic heterocycles. The van der Waals surface area contributed by atoms with Gasteiger partial charge < -0.3 is 4.74 Å². The van der Waals surface area contributed by atoms with Crippen LogP contribution in [0.4, 0.5) is 0 Å². The molecule has 0 unspecified atom stereocenters. The molecule has 0 radical (unpaired) electrons. The first-order valence-corrected chi connectivity index (χ1v) is 6.68. The fourth-order valence-electron chi connectivity index (χ4n) is 1.32. The van der Waals surface area contributed by atoms with Crippen molar-refractivity contribution in [1.82, 2.24) is 10.9 Å². The van der Waals surface area contributed by atoms with E-state index in [-0.39, 0.29) is 6.61 Å². The van der Waals surface area contributed by atoms with Gasteiger partial charge in [0.2, 0.25) is 0 Å². The summed E-state index contributed by atoms with van der Waals surface area (Å²) in [6.07, 6.45) is 6.34. The first-order chi connectivity index (χ1) is 10.0. The number of amides is 2. The Morgan fingerprint density at radius 3 is 2.71 bits per heavy atom. The Hall–Kier alpha value is -2.27. The lowest BCUT2D eigenvalue weighted by atomic mass is 10.2. The Morgan fingerprint density at radius 2 is 2.05 bits per heavy atom. The molecule has 0 aliphatic carbocycles. The summed E-state index contributed by atoms with van der Waals surface area (Å²) in [7, 11) is 0. The summed E-state index contributed by atoms with van der Waals surface area (Å²) in [5.41, 5.74) is 5.34. The molecule has 1 rings (SSSR count). The number of ether oxygens (including phenoxy) is 1. The number of aryl methyl sites for hydroxylation is 1. The second kappa shape index (κ2) is 8.81. The van der Waals surface area contributed by atoms with Crippen LogP contribution in [-0.2, 0) is 9.59 Å². The van der Waals surface area contributed by atoms with E-state index in [1.165, 1.54) is 6.08 Å². The van der Waals surface area contributed by atoms with Crippen LogP contribution in [0.25, 0.3) is 0 Å². The molecule has 1 aromatic rings. The largest absolute Gasteiger partial charge is 0.484 e. The lowest BCUT2D eigenvalue weighted by Gasteiger charge is -2.08. The summed E-state index contributed by atoms with van der Waals surface area (Å²) in [5.74, 6) is -0.356. The van der Waals surface area contributed by atoms with Crippen molar-refractivity contribution in [3.63, 3.8) is 0 Å². The zero-order valence-corrected chi connectivity index (χ0v) is 12.6. The van der Waals surface area contributed by atoms with Gasteiger partial charge in [0.1, 0.15) is 5.75 Å². The number of carbonyl (C=O) groups excluding carboxylic acids is 2. The van der Waals surface area contributed by atoms with Crippen molar-refractivity contribution >= 4 is 23.4 Å². The van der Waals surface area contributed by atoms with Gasteiger partial charge >= 0.3 is 0 Å². The standard InChI is InChI=1S/C15H17ClN2O3/c1-3-4-5-6-14(19)17-18-15(20)10-21-12-7-8-13(16)11(2)9-12/h3-9H,10H2,1-2H3,(H,17,19)(H,18,20)/b4-3+,6-5+. The molecule has 0 spiro atoms. The van der Waals surface area contributed by atoms with Crippen LogP contribution in [0.2, 0.25) is 5.02 Å². The third-order valence-electron chi connectivity index (χ3n) is 2.38. The average Bonchev–Trinajstić information content (AvgIpc) is 2.46. The highest BCUT2D eigenvalue weighted by atomic mass is 35.5. The number of benzene rings is 1. The number of carbonyl (C=O) groups is 2. The Balaban J connectivity index is 2.34. The molecule has 0 atom stereocenters. The van der Waals surface area contributed by atoms with Gasteiger partial charge in [-0.25, -0.2) is 0 Å². The summed E-state index contributed by atoms with van der Waals surface area (Å²) >= 11 is 5.89. The number of halogens is 1. The molecule has 1 aromatic carbocycles. The molecule has 21 heavy (non-hydrogen) atoms. The molecule has 112 valence electrons. The van der Waals surface area contributed by atoms with Gasteiger partial charge in [-0.2, -0.15) is 0 Å². The van der Waals surface area contributed by atoms with Gasteiger partial charge in [0.05, 0.1) is 0 Å². The smallest absolute Gasteiger partial charge is 0.276 e. The zero-order valence-electron chi connectivity index (χ0n) is 11.9. The van der Waals surface area contributed by atoms with Crippen molar-refractivity contribution in [1.29, 1.82) is 0 Å². The lowest BCUT2D eigenvalue weighted by Crippen LogP contribution is -2.43. The maximum atomic E-state index is 11.5. The van der Waals surface area contributed by atoms with Crippen LogP contribution in [0.3, 0.4) is 0 Å². The summed E-state index contributed by atoms with van der Waals surface area (Å²) in [6, 6.07) is 5.09. The quantitative estimate of drug-likeness (QED) is 0.498. The van der Waals surface area contributed by atoms with Crippen LogP contribution >= 0.6 is 11.6 Å². The Bertz CT molecular complexity index is 568. The van der Waals surface area contributed by atoms with E-state index in [0.29, 0.717) is 10.8 Å². The molecule has 0 aromatic heterocycles. The third kappa shape index (κ3) is 6.63. The lowest BCUT2D eigenvalue weighted by molar-refractivity contribution is -0.128. The topological polar surface area (TPSA) is 67.4 Å². The molecule has 2 N–H and O–H groups in total. The number of allylic oxidation sites excluding steroid dienone is 3. The second-order valence-corrected chi connectivity index (χ2v) is 4.53. The van der Waals surface area contributed by atoms with Gasteiger partial charge in [0.15, 0.2) is 6.61 Å². The number of hydrogen-bond acceptors (Lipinski definition) is 3. The monoisotopic (exact) mass is 308 g/mol. The van der Waals surface area contributed by atoms with Crippen LogP contribution in [0.5, 0.6) is 5.75 Å². The minimum atomic E-state index is -0.463. The van der Waals surface area contributed by atoms with Crippen LogP contribution in [-0.4, -0.2) is 18.4 Å². The number of nitrogens with one attached hydrogen (secondary N) is 2. The molecule has 0 heterocycles. The molecule has 2 amide bonds. The van der Waals surface area contributed by atoms with Gasteiger partial charge in [-0.15, -0.1) is 0 Å². The highest BCUT2D eigenvalue weighted by Gasteiger charge is 2.04. The van der Waals surface area contributed by atoms with E-state index in [4.69, 9.17) is 16.3 Å². The van der Waals surface area contributed by atoms with Crippen LogP contribution in [0, 0.1) is 6.92 Å². The third-order valence-corrected chi connectivity index (χ3v) is 2.80. The first kappa shape index (κ1) is 16.8. The van der Waals surface area contributed by atoms with Crippen LogP contribution in [0.15, 0.2) is 42.5 Å². The summed E-state index contributed by atoms with van der Waals surface area (Å²) < 4.78 is 5.28. The van der Waals surface area contributed by atoms with Crippen molar-refractivity contribution in [2.24, 2.45) is 0 Å². The van der Waals surface area contributed by atoms with Crippen LogP contribution in [0.1, 0.15) is 12.5 Å². The van der Waals surface area contributed by atoms with E-state index in [1.807, 2.05) is 13.8 Å². The molecule has 0 saturated carbocycles. The first-order valence-electron chi connectivity index (χ1n) is 6.30. The van der Waals surface area contributed by atoms with E-state index in [1.54, 1.807) is 36.4 Å². The van der Waals surface area contributed by atoms with Crippen LogP contribution < -0.4 is 15.6 Å². The van der Waals surface area contributed by atoms with E-state index in [9.17, 15) is 9.59 Å². The van der Waals surface area contributed by atoms with Gasteiger partial charge in [-0.05, 0) is 37.6 Å². The fraction of sp³-hybridized carbons (Fsp3) is 0.200. The maximum Gasteiger partial charge on any atom is 0.276 e. The Morgan fingerprint density at radius 1 is 1.29 bits per heavy atom. The summed E-state index contributed by atoms with van der Waals surface area (Å²) in [4.78, 5) is 22.8. The SMILES string of the molecule is C/C=C/C=C/C(=O)NNC(=O)COc1ccc(Cl)c(C)c1. The van der Waals surface area contributed by atoms with E-state index in [2.05, 4.69) is 10.9 Å². The summed E-state index contributed by atoms with van der Waals surface area (Å²) in [5, 5.41) is 0.631. The minimum Gasteiger partial charge on any atom is -0.484 e. The van der Waals surface area contributed by atoms with Crippen molar-refractivity contribution in [3.8, 4) is 5.75 Å². The van der Waals surface area contributed by atoms with E-state index < -0.39 is 11.8 Å². The molecule has 0 aliphatic rings. The number of hydrogen-bond donors (Lipinski definition) is 2. The number of rotatable bonds is 5. The highest BCUT2D eigenvalue weighted by molar-refractivity contribution is 6.31. The number of hydrazine groups is 1. The zero-order chi connectivity index (χ0) is 15.7. The maximum absolute atomic E-state index is 11.5. The van der Waals surface area contributed by atoms with Crippen molar-refractivity contribution in [3.05, 3.63) is 53.1 Å². The molecule has 6 heteroatoms. The molecule has 0 bridgehead atoms. The molecular weight excluding hydrogens is 292 g/mol. The van der Waals surface area contributed by atoms with Gasteiger partial charge in [-0.1, -0.05) is 29.8 Å². The molecule has 0 fully saturated rings.